The molecule has 2 atom stereocenters. The van der Waals surface area contributed by atoms with Crippen LogP contribution in [0.1, 0.15) is 68.1 Å². The highest BCUT2D eigenvalue weighted by molar-refractivity contribution is 5.98. The number of benzene rings is 1. The molecule has 2 unspecified atom stereocenters. The number of hydrogen-bond donors (Lipinski definition) is 2. The molecule has 168 valence electrons. The summed E-state index contributed by atoms with van der Waals surface area (Å²) in [4.78, 5) is 39.9. The molecule has 3 aliphatic rings. The minimum absolute atomic E-state index is 0.0852. The summed E-state index contributed by atoms with van der Waals surface area (Å²) in [7, 11) is 0. The molecule has 2 N–H and O–H groups in total. The molecular weight excluding hydrogens is 394 g/mol. The van der Waals surface area contributed by atoms with E-state index in [9.17, 15) is 14.4 Å². The molecule has 2 aliphatic heterocycles. The fourth-order valence-corrected chi connectivity index (χ4v) is 4.86. The van der Waals surface area contributed by atoms with Crippen LogP contribution in [0.15, 0.2) is 24.3 Å². The molecule has 3 fully saturated rings. The summed E-state index contributed by atoms with van der Waals surface area (Å²) in [5.41, 5.74) is 1.12. The van der Waals surface area contributed by atoms with Gasteiger partial charge in [0.05, 0.1) is 5.92 Å². The predicted octanol–water partition coefficient (Wildman–Crippen LogP) is 3.11. The minimum atomic E-state index is -0.412. The van der Waals surface area contributed by atoms with Crippen molar-refractivity contribution in [3.63, 3.8) is 0 Å². The van der Waals surface area contributed by atoms with Crippen molar-refractivity contribution in [1.82, 2.24) is 10.2 Å². The Morgan fingerprint density at radius 1 is 0.935 bits per heavy atom. The van der Waals surface area contributed by atoms with Crippen molar-refractivity contribution in [2.24, 2.45) is 5.92 Å². The lowest BCUT2D eigenvalue weighted by Crippen LogP contribution is -2.47. The van der Waals surface area contributed by atoms with Gasteiger partial charge in [-0.3, -0.25) is 14.4 Å². The van der Waals surface area contributed by atoms with Crippen LogP contribution in [0, 0.1) is 5.92 Å². The van der Waals surface area contributed by atoms with Crippen LogP contribution in [-0.2, 0) is 14.3 Å². The van der Waals surface area contributed by atoms with E-state index in [-0.39, 0.29) is 29.7 Å². The van der Waals surface area contributed by atoms with Gasteiger partial charge in [-0.1, -0.05) is 25.3 Å². The second-order valence-corrected chi connectivity index (χ2v) is 9.01. The van der Waals surface area contributed by atoms with E-state index in [1.54, 1.807) is 29.2 Å². The van der Waals surface area contributed by atoms with Gasteiger partial charge in [0.15, 0.2) is 0 Å². The van der Waals surface area contributed by atoms with E-state index >= 15 is 0 Å². The molecule has 1 aliphatic carbocycles. The van der Waals surface area contributed by atoms with E-state index in [2.05, 4.69) is 10.6 Å². The molecule has 4 rings (SSSR count). The first-order valence-corrected chi connectivity index (χ1v) is 11.7. The largest absolute Gasteiger partial charge is 0.368 e. The average Bonchev–Trinajstić information content (AvgIpc) is 3.35. The predicted molar refractivity (Wildman–Crippen MR) is 118 cm³/mol. The monoisotopic (exact) mass is 427 g/mol. The zero-order valence-electron chi connectivity index (χ0n) is 18.1. The highest BCUT2D eigenvalue weighted by Crippen LogP contribution is 2.23. The molecule has 0 aromatic heterocycles. The number of anilines is 1. The van der Waals surface area contributed by atoms with Crippen molar-refractivity contribution in [2.75, 3.05) is 25.0 Å². The van der Waals surface area contributed by atoms with Crippen molar-refractivity contribution in [2.45, 2.75) is 69.9 Å². The summed E-state index contributed by atoms with van der Waals surface area (Å²) in [6, 6.07) is 7.31. The first kappa shape index (κ1) is 21.8. The molecule has 1 aromatic rings. The van der Waals surface area contributed by atoms with E-state index in [1.165, 1.54) is 19.3 Å². The zero-order chi connectivity index (χ0) is 21.6. The molecule has 7 nitrogen and oxygen atoms in total. The Hall–Kier alpha value is -2.41. The Balaban J connectivity index is 1.34. The molecule has 7 heteroatoms. The summed E-state index contributed by atoms with van der Waals surface area (Å²) in [5.74, 6) is -0.327. The van der Waals surface area contributed by atoms with Crippen molar-refractivity contribution in [3.05, 3.63) is 29.8 Å². The van der Waals surface area contributed by atoms with E-state index in [4.69, 9.17) is 4.74 Å². The lowest BCUT2D eigenvalue weighted by molar-refractivity contribution is -0.127. The van der Waals surface area contributed by atoms with Gasteiger partial charge in [-0.25, -0.2) is 0 Å². The molecule has 2 heterocycles. The standard InChI is InChI=1S/C24H33N3O4/c28-22(25-19-9-2-1-3-10-19)18-8-5-13-27(16-18)24(30)17-7-4-11-20(15-17)26-23(29)21-12-6-14-31-21/h4,7,11,15,18-19,21H,1-3,5-6,8-10,12-14,16H2,(H,25,28)(H,26,29). The van der Waals surface area contributed by atoms with Crippen LogP contribution >= 0.6 is 0 Å². The van der Waals surface area contributed by atoms with Crippen LogP contribution in [0.25, 0.3) is 0 Å². The second-order valence-electron chi connectivity index (χ2n) is 9.01. The normalized spacial score (nSPS) is 24.6. The van der Waals surface area contributed by atoms with Crippen LogP contribution in [0.2, 0.25) is 0 Å². The smallest absolute Gasteiger partial charge is 0.253 e. The van der Waals surface area contributed by atoms with Gasteiger partial charge < -0.3 is 20.3 Å². The quantitative estimate of drug-likeness (QED) is 0.756. The average molecular weight is 428 g/mol. The summed E-state index contributed by atoms with van der Waals surface area (Å²) < 4.78 is 5.42. The van der Waals surface area contributed by atoms with Crippen molar-refractivity contribution >= 4 is 23.4 Å². The number of carbonyl (C=O) groups excluding carboxylic acids is 3. The van der Waals surface area contributed by atoms with Gasteiger partial charge in [0.2, 0.25) is 5.91 Å². The van der Waals surface area contributed by atoms with Gasteiger partial charge in [0.1, 0.15) is 6.10 Å². The third-order valence-electron chi connectivity index (χ3n) is 6.63. The number of rotatable bonds is 5. The van der Waals surface area contributed by atoms with Gasteiger partial charge in [0.25, 0.3) is 11.8 Å². The van der Waals surface area contributed by atoms with E-state index in [1.807, 2.05) is 0 Å². The SMILES string of the molecule is O=C(NC1CCCCC1)C1CCCN(C(=O)c2cccc(NC(=O)C3CCCO3)c2)C1. The number of likely N-dealkylation sites (tertiary alicyclic amines) is 1. The first-order chi connectivity index (χ1) is 15.1. The fraction of sp³-hybridized carbons (Fsp3) is 0.625. The molecular formula is C24H33N3O4. The Labute approximate surface area is 183 Å². The van der Waals surface area contributed by atoms with Crippen LogP contribution < -0.4 is 10.6 Å². The Kier molecular flexibility index (Phi) is 7.22. The number of piperidine rings is 1. The summed E-state index contributed by atoms with van der Waals surface area (Å²) in [6.07, 6.45) is 8.58. The molecule has 1 saturated carbocycles. The van der Waals surface area contributed by atoms with Crippen LogP contribution in [0.4, 0.5) is 5.69 Å². The number of hydrogen-bond acceptors (Lipinski definition) is 4. The first-order valence-electron chi connectivity index (χ1n) is 11.7. The number of ether oxygens (including phenoxy) is 1. The summed E-state index contributed by atoms with van der Waals surface area (Å²) in [5, 5.41) is 6.06. The second kappa shape index (κ2) is 10.3. The topological polar surface area (TPSA) is 87.7 Å². The molecule has 1 aromatic carbocycles. The molecule has 0 spiro atoms. The zero-order valence-corrected chi connectivity index (χ0v) is 18.1. The van der Waals surface area contributed by atoms with Crippen molar-refractivity contribution in [1.29, 1.82) is 0 Å². The number of nitrogens with one attached hydrogen (secondary N) is 2. The van der Waals surface area contributed by atoms with Crippen molar-refractivity contribution < 1.29 is 19.1 Å². The maximum Gasteiger partial charge on any atom is 0.253 e. The molecule has 3 amide bonds. The van der Waals surface area contributed by atoms with Gasteiger partial charge in [0, 0.05) is 37.0 Å². The molecule has 0 radical (unpaired) electrons. The molecule has 2 saturated heterocycles. The van der Waals surface area contributed by atoms with Crippen molar-refractivity contribution in [3.8, 4) is 0 Å². The summed E-state index contributed by atoms with van der Waals surface area (Å²) in [6.45, 7) is 1.71. The van der Waals surface area contributed by atoms with E-state index < -0.39 is 6.10 Å². The lowest BCUT2D eigenvalue weighted by Gasteiger charge is -2.33. The maximum absolute atomic E-state index is 13.1. The Morgan fingerprint density at radius 2 is 1.77 bits per heavy atom. The van der Waals surface area contributed by atoms with Crippen LogP contribution in [0.5, 0.6) is 0 Å². The van der Waals surface area contributed by atoms with Crippen LogP contribution in [0.3, 0.4) is 0 Å². The minimum Gasteiger partial charge on any atom is -0.368 e. The number of nitrogens with zero attached hydrogens (tertiary/aromatic N) is 1. The highest BCUT2D eigenvalue weighted by atomic mass is 16.5. The van der Waals surface area contributed by atoms with Gasteiger partial charge >= 0.3 is 0 Å². The maximum atomic E-state index is 13.1. The number of amides is 3. The lowest BCUT2D eigenvalue weighted by atomic mass is 9.92. The van der Waals surface area contributed by atoms with Gasteiger partial charge in [-0.2, -0.15) is 0 Å². The van der Waals surface area contributed by atoms with E-state index in [0.717, 1.165) is 38.5 Å². The number of carbonyl (C=O) groups is 3. The summed E-state index contributed by atoms with van der Waals surface area (Å²) >= 11 is 0. The Morgan fingerprint density at radius 3 is 2.55 bits per heavy atom. The van der Waals surface area contributed by atoms with Crippen LogP contribution in [-0.4, -0.2) is 54.5 Å². The fourth-order valence-electron chi connectivity index (χ4n) is 4.86. The molecule has 0 bridgehead atoms. The molecule has 31 heavy (non-hydrogen) atoms. The third kappa shape index (κ3) is 5.64. The van der Waals surface area contributed by atoms with Gasteiger partial charge in [-0.15, -0.1) is 0 Å². The highest BCUT2D eigenvalue weighted by Gasteiger charge is 2.30. The van der Waals surface area contributed by atoms with Gasteiger partial charge in [-0.05, 0) is 56.7 Å². The van der Waals surface area contributed by atoms with E-state index in [0.29, 0.717) is 30.9 Å². The Bertz CT molecular complexity index is 800. The third-order valence-corrected chi connectivity index (χ3v) is 6.63.